The number of methoxy groups -OCH3 is 2. The maximum absolute atomic E-state index is 13.0. The molecule has 8 heteroatoms. The molecule has 7 nitrogen and oxygen atoms in total. The number of H-pyrrole nitrogens is 1. The van der Waals surface area contributed by atoms with Crippen LogP contribution in [-0.4, -0.2) is 34.2 Å². The highest BCUT2D eigenvalue weighted by molar-refractivity contribution is 7.80. The van der Waals surface area contributed by atoms with Crippen molar-refractivity contribution in [2.75, 3.05) is 14.2 Å². The lowest BCUT2D eigenvalue weighted by atomic mass is 10.1. The lowest BCUT2D eigenvalue weighted by Gasteiger charge is -2.28. The molecule has 0 spiro atoms. The van der Waals surface area contributed by atoms with Crippen LogP contribution in [0.5, 0.6) is 11.5 Å². The molecule has 0 aliphatic carbocycles. The Bertz CT molecular complexity index is 1360. The minimum Gasteiger partial charge on any atom is -0.493 e. The minimum absolute atomic E-state index is 0.00622. The molecule has 0 unspecified atom stereocenters. The van der Waals surface area contributed by atoms with E-state index in [1.165, 1.54) is 0 Å². The van der Waals surface area contributed by atoms with E-state index in [0.717, 1.165) is 16.5 Å². The SMILES string of the molecule is COc1cc2cc(CN(Cc3cccnc3)C(=S)N[C@@H](C)c3ccccc3)c(=O)[nH]c2cc1OC. The fourth-order valence-corrected chi connectivity index (χ4v) is 4.22. The number of benzene rings is 2. The Kier molecular flexibility index (Phi) is 7.62. The van der Waals surface area contributed by atoms with Crippen molar-refractivity contribution in [2.45, 2.75) is 26.1 Å². The van der Waals surface area contributed by atoms with Crippen LogP contribution in [0.4, 0.5) is 0 Å². The number of aromatic amines is 1. The second-order valence-electron chi connectivity index (χ2n) is 8.22. The predicted molar refractivity (Wildman–Crippen MR) is 142 cm³/mol. The first-order chi connectivity index (χ1) is 17.0. The number of hydrogen-bond acceptors (Lipinski definition) is 5. The Hall–Kier alpha value is -3.91. The number of nitrogens with zero attached hydrogens (tertiary/aromatic N) is 2. The van der Waals surface area contributed by atoms with Crippen molar-refractivity contribution < 1.29 is 9.47 Å². The molecule has 4 aromatic rings. The Morgan fingerprint density at radius 3 is 2.49 bits per heavy atom. The molecule has 0 bridgehead atoms. The first-order valence-corrected chi connectivity index (χ1v) is 11.7. The summed E-state index contributed by atoms with van der Waals surface area (Å²) < 4.78 is 10.8. The number of nitrogens with one attached hydrogen (secondary N) is 2. The number of fused-ring (bicyclic) bond motifs is 1. The molecule has 2 heterocycles. The van der Waals surface area contributed by atoms with Crippen LogP contribution in [0.2, 0.25) is 0 Å². The van der Waals surface area contributed by atoms with Gasteiger partial charge in [0.2, 0.25) is 0 Å². The molecule has 0 radical (unpaired) electrons. The van der Waals surface area contributed by atoms with Crippen molar-refractivity contribution >= 4 is 28.2 Å². The average molecular weight is 489 g/mol. The number of pyridine rings is 2. The van der Waals surface area contributed by atoms with Gasteiger partial charge in [-0.1, -0.05) is 36.4 Å². The third-order valence-electron chi connectivity index (χ3n) is 5.81. The van der Waals surface area contributed by atoms with Crippen LogP contribution in [0, 0.1) is 0 Å². The van der Waals surface area contributed by atoms with Gasteiger partial charge in [-0.15, -0.1) is 0 Å². The van der Waals surface area contributed by atoms with E-state index < -0.39 is 0 Å². The van der Waals surface area contributed by atoms with Crippen LogP contribution in [0.3, 0.4) is 0 Å². The van der Waals surface area contributed by atoms with Crippen LogP contribution >= 0.6 is 12.2 Å². The predicted octanol–water partition coefficient (Wildman–Crippen LogP) is 4.58. The Morgan fingerprint density at radius 2 is 1.80 bits per heavy atom. The minimum atomic E-state index is -0.181. The third-order valence-corrected chi connectivity index (χ3v) is 6.19. The summed E-state index contributed by atoms with van der Waals surface area (Å²) in [5, 5.41) is 4.81. The fourth-order valence-electron chi connectivity index (χ4n) is 3.91. The van der Waals surface area contributed by atoms with Crippen LogP contribution in [-0.2, 0) is 13.1 Å². The summed E-state index contributed by atoms with van der Waals surface area (Å²) in [6, 6.07) is 19.5. The molecule has 180 valence electrons. The highest BCUT2D eigenvalue weighted by Crippen LogP contribution is 2.31. The maximum atomic E-state index is 13.0. The quantitative estimate of drug-likeness (QED) is 0.352. The Balaban J connectivity index is 1.64. The lowest BCUT2D eigenvalue weighted by Crippen LogP contribution is -2.41. The zero-order chi connectivity index (χ0) is 24.8. The summed E-state index contributed by atoms with van der Waals surface area (Å²) in [6.07, 6.45) is 3.54. The molecule has 0 fully saturated rings. The molecule has 4 rings (SSSR count). The number of rotatable bonds is 8. The normalized spacial score (nSPS) is 11.6. The van der Waals surface area contributed by atoms with Crippen LogP contribution in [0.15, 0.2) is 77.9 Å². The summed E-state index contributed by atoms with van der Waals surface area (Å²) >= 11 is 5.81. The van der Waals surface area contributed by atoms with E-state index in [-0.39, 0.29) is 11.6 Å². The van der Waals surface area contributed by atoms with Gasteiger partial charge in [-0.05, 0) is 48.5 Å². The van der Waals surface area contributed by atoms with E-state index in [4.69, 9.17) is 21.7 Å². The highest BCUT2D eigenvalue weighted by Gasteiger charge is 2.17. The van der Waals surface area contributed by atoms with Gasteiger partial charge in [0.15, 0.2) is 16.6 Å². The smallest absolute Gasteiger partial charge is 0.253 e. The van der Waals surface area contributed by atoms with Crippen molar-refractivity contribution in [1.29, 1.82) is 0 Å². The Labute approximate surface area is 209 Å². The zero-order valence-corrected chi connectivity index (χ0v) is 20.8. The summed E-state index contributed by atoms with van der Waals surface area (Å²) in [7, 11) is 3.15. The van der Waals surface area contributed by atoms with Gasteiger partial charge in [0.25, 0.3) is 5.56 Å². The molecule has 0 aliphatic rings. The van der Waals surface area contributed by atoms with Crippen molar-refractivity contribution in [3.8, 4) is 11.5 Å². The molecule has 0 saturated heterocycles. The molecule has 0 saturated carbocycles. The zero-order valence-electron chi connectivity index (χ0n) is 19.9. The molecular weight excluding hydrogens is 460 g/mol. The van der Waals surface area contributed by atoms with Crippen LogP contribution in [0.25, 0.3) is 10.9 Å². The first-order valence-electron chi connectivity index (χ1n) is 11.3. The van der Waals surface area contributed by atoms with E-state index in [1.807, 2.05) is 47.4 Å². The maximum Gasteiger partial charge on any atom is 0.253 e. The Morgan fingerprint density at radius 1 is 1.06 bits per heavy atom. The van der Waals surface area contributed by atoms with E-state index in [9.17, 15) is 4.79 Å². The molecule has 1 atom stereocenters. The molecular formula is C27H28N4O3S. The summed E-state index contributed by atoms with van der Waals surface area (Å²) in [4.78, 5) is 22.2. The van der Waals surface area contributed by atoms with Crippen molar-refractivity contribution in [3.63, 3.8) is 0 Å². The summed E-state index contributed by atoms with van der Waals surface area (Å²) in [6.45, 7) is 2.89. The molecule has 0 aliphatic heterocycles. The van der Waals surface area contributed by atoms with Crippen LogP contribution < -0.4 is 20.3 Å². The van der Waals surface area contributed by atoms with Crippen LogP contribution in [0.1, 0.15) is 29.7 Å². The average Bonchev–Trinajstić information content (AvgIpc) is 2.89. The number of ether oxygens (including phenoxy) is 2. The first kappa shape index (κ1) is 24.2. The molecule has 35 heavy (non-hydrogen) atoms. The number of thiocarbonyl (C=S) groups is 1. The lowest BCUT2D eigenvalue weighted by molar-refractivity contribution is 0.355. The van der Waals surface area contributed by atoms with E-state index in [1.54, 1.807) is 32.7 Å². The molecule has 0 amide bonds. The van der Waals surface area contributed by atoms with Gasteiger partial charge in [0.05, 0.1) is 32.3 Å². The molecule has 2 N–H and O–H groups in total. The fraction of sp³-hybridized carbons (Fsp3) is 0.222. The van der Waals surface area contributed by atoms with Gasteiger partial charge >= 0.3 is 0 Å². The van der Waals surface area contributed by atoms with E-state index >= 15 is 0 Å². The van der Waals surface area contributed by atoms with Gasteiger partial charge in [-0.2, -0.15) is 0 Å². The summed E-state index contributed by atoms with van der Waals surface area (Å²) in [5.74, 6) is 1.15. The van der Waals surface area contributed by atoms with Crippen molar-refractivity contribution in [3.05, 3.63) is 100 Å². The van der Waals surface area contributed by atoms with Crippen molar-refractivity contribution in [2.24, 2.45) is 0 Å². The standard InChI is InChI=1S/C27H28N4O3S/c1-18(20-9-5-4-6-10-20)29-27(35)31(16-19-8-7-11-28-15-19)17-22-12-21-13-24(33-2)25(34-3)14-23(21)30-26(22)32/h4-15,18H,16-17H2,1-3H3,(H,29,35)(H,30,32)/t18-/m0/s1. The van der Waals surface area contributed by atoms with Gasteiger partial charge < -0.3 is 24.7 Å². The highest BCUT2D eigenvalue weighted by atomic mass is 32.1. The number of hydrogen-bond donors (Lipinski definition) is 2. The van der Waals surface area contributed by atoms with E-state index in [0.29, 0.717) is 40.8 Å². The topological polar surface area (TPSA) is 79.5 Å². The van der Waals surface area contributed by atoms with E-state index in [2.05, 4.69) is 34.3 Å². The second kappa shape index (κ2) is 11.0. The largest absolute Gasteiger partial charge is 0.493 e. The van der Waals surface area contributed by atoms with Gasteiger partial charge in [0.1, 0.15) is 0 Å². The molecule has 2 aromatic heterocycles. The summed E-state index contributed by atoms with van der Waals surface area (Å²) in [5.41, 5.74) is 3.20. The van der Waals surface area contributed by atoms with Gasteiger partial charge in [-0.25, -0.2) is 0 Å². The molecule has 2 aromatic carbocycles. The monoisotopic (exact) mass is 488 g/mol. The number of aromatic nitrogens is 2. The van der Waals surface area contributed by atoms with Gasteiger partial charge in [-0.3, -0.25) is 9.78 Å². The van der Waals surface area contributed by atoms with Crippen molar-refractivity contribution in [1.82, 2.24) is 20.2 Å². The third kappa shape index (κ3) is 5.78. The second-order valence-corrected chi connectivity index (χ2v) is 8.60. The van der Waals surface area contributed by atoms with Gasteiger partial charge in [0, 0.05) is 36.0 Å².